The third kappa shape index (κ3) is 3.74. The third-order valence-corrected chi connectivity index (χ3v) is 3.33. The molecule has 3 nitrogen and oxygen atoms in total. The number of hydrogen-bond acceptors (Lipinski definition) is 3. The van der Waals surface area contributed by atoms with Gasteiger partial charge in [-0.15, -0.1) is 6.58 Å². The standard InChI is InChI=1S/C16H23NO2/c1-4-17-13(10-9-12(2)3)16-11-18-14-7-5-6-8-15(14)19-16/h5-8,13,16-17H,2,4,9-11H2,1,3H3. The molecule has 3 heteroatoms. The van der Waals surface area contributed by atoms with Crippen molar-refractivity contribution in [1.29, 1.82) is 0 Å². The Balaban J connectivity index is 2.01. The van der Waals surface area contributed by atoms with Crippen molar-refractivity contribution in [3.63, 3.8) is 0 Å². The lowest BCUT2D eigenvalue weighted by Crippen LogP contribution is -2.47. The van der Waals surface area contributed by atoms with E-state index in [0.29, 0.717) is 12.6 Å². The Morgan fingerprint density at radius 3 is 2.84 bits per heavy atom. The van der Waals surface area contributed by atoms with Crippen LogP contribution in [0, 0.1) is 0 Å². The molecular formula is C16H23NO2. The SMILES string of the molecule is C=C(C)CCC(NCC)C1COc2ccccc2O1. The van der Waals surface area contributed by atoms with Crippen LogP contribution in [0.4, 0.5) is 0 Å². The lowest BCUT2D eigenvalue weighted by molar-refractivity contribution is 0.0600. The number of fused-ring (bicyclic) bond motifs is 1. The first kappa shape index (κ1) is 13.9. The van der Waals surface area contributed by atoms with Crippen molar-refractivity contribution in [2.75, 3.05) is 13.2 Å². The average molecular weight is 261 g/mol. The van der Waals surface area contributed by atoms with Gasteiger partial charge >= 0.3 is 0 Å². The predicted octanol–water partition coefficient (Wildman–Crippen LogP) is 3.16. The zero-order valence-electron chi connectivity index (χ0n) is 11.8. The van der Waals surface area contributed by atoms with Crippen LogP contribution in [0.2, 0.25) is 0 Å². The van der Waals surface area contributed by atoms with Crippen molar-refractivity contribution < 1.29 is 9.47 Å². The summed E-state index contributed by atoms with van der Waals surface area (Å²) < 4.78 is 11.8. The lowest BCUT2D eigenvalue weighted by Gasteiger charge is -2.32. The van der Waals surface area contributed by atoms with Crippen LogP contribution < -0.4 is 14.8 Å². The molecule has 0 fully saturated rings. The molecule has 0 saturated heterocycles. The molecule has 0 aromatic heterocycles. The van der Waals surface area contributed by atoms with Gasteiger partial charge in [0.05, 0.1) is 0 Å². The maximum atomic E-state index is 6.06. The highest BCUT2D eigenvalue weighted by Crippen LogP contribution is 2.32. The minimum absolute atomic E-state index is 0.0641. The quantitative estimate of drug-likeness (QED) is 0.798. The van der Waals surface area contributed by atoms with Crippen molar-refractivity contribution >= 4 is 0 Å². The first-order valence-electron chi connectivity index (χ1n) is 6.97. The summed E-state index contributed by atoms with van der Waals surface area (Å²) in [6, 6.07) is 8.15. The van der Waals surface area contributed by atoms with Gasteiger partial charge in [-0.25, -0.2) is 0 Å². The largest absolute Gasteiger partial charge is 0.486 e. The van der Waals surface area contributed by atoms with Crippen molar-refractivity contribution in [1.82, 2.24) is 5.32 Å². The number of nitrogens with one attached hydrogen (secondary N) is 1. The highest BCUT2D eigenvalue weighted by atomic mass is 16.6. The van der Waals surface area contributed by atoms with Crippen molar-refractivity contribution in [3.8, 4) is 11.5 Å². The average Bonchev–Trinajstić information content (AvgIpc) is 2.42. The van der Waals surface area contributed by atoms with E-state index in [4.69, 9.17) is 9.47 Å². The normalized spacial score (nSPS) is 18.9. The van der Waals surface area contributed by atoms with Crippen molar-refractivity contribution in [2.45, 2.75) is 38.8 Å². The smallest absolute Gasteiger partial charge is 0.161 e. The first-order valence-corrected chi connectivity index (χ1v) is 6.97. The molecule has 0 spiro atoms. The molecule has 1 aliphatic rings. The summed E-state index contributed by atoms with van der Waals surface area (Å²) in [5.74, 6) is 1.69. The summed E-state index contributed by atoms with van der Waals surface area (Å²) in [6.45, 7) is 9.69. The second-order valence-corrected chi connectivity index (χ2v) is 5.07. The summed E-state index contributed by atoms with van der Waals surface area (Å²) in [7, 11) is 0. The first-order chi connectivity index (χ1) is 9.20. The van der Waals surface area contributed by atoms with E-state index in [-0.39, 0.29) is 6.10 Å². The van der Waals surface area contributed by atoms with Gasteiger partial charge in [0, 0.05) is 6.04 Å². The lowest BCUT2D eigenvalue weighted by atomic mass is 10.0. The Bertz CT molecular complexity index is 431. The molecule has 2 rings (SSSR count). The third-order valence-electron chi connectivity index (χ3n) is 3.33. The van der Waals surface area contributed by atoms with E-state index in [1.54, 1.807) is 0 Å². The minimum atomic E-state index is 0.0641. The minimum Gasteiger partial charge on any atom is -0.486 e. The van der Waals surface area contributed by atoms with E-state index < -0.39 is 0 Å². The summed E-state index contributed by atoms with van der Waals surface area (Å²) >= 11 is 0. The summed E-state index contributed by atoms with van der Waals surface area (Å²) in [4.78, 5) is 0. The molecule has 1 heterocycles. The molecule has 0 saturated carbocycles. The van der Waals surface area contributed by atoms with Crippen LogP contribution in [-0.2, 0) is 0 Å². The number of benzene rings is 1. The Kier molecular flexibility index (Phi) is 4.86. The monoisotopic (exact) mass is 261 g/mol. The maximum Gasteiger partial charge on any atom is 0.161 e. The number of para-hydroxylation sites is 2. The fourth-order valence-corrected chi connectivity index (χ4v) is 2.32. The summed E-state index contributed by atoms with van der Waals surface area (Å²) in [5.41, 5.74) is 1.21. The second-order valence-electron chi connectivity index (χ2n) is 5.07. The van der Waals surface area contributed by atoms with Crippen LogP contribution in [0.3, 0.4) is 0 Å². The molecule has 2 unspecified atom stereocenters. The predicted molar refractivity (Wildman–Crippen MR) is 77.9 cm³/mol. The molecule has 1 N–H and O–H groups in total. The molecular weight excluding hydrogens is 238 g/mol. The molecule has 1 aliphatic heterocycles. The molecule has 1 aromatic carbocycles. The maximum absolute atomic E-state index is 6.06. The summed E-state index contributed by atoms with van der Waals surface area (Å²) in [6.07, 6.45) is 2.10. The highest BCUT2D eigenvalue weighted by Gasteiger charge is 2.27. The van der Waals surface area contributed by atoms with Gasteiger partial charge in [-0.05, 0) is 38.4 Å². The van der Waals surface area contributed by atoms with Crippen LogP contribution in [0.1, 0.15) is 26.7 Å². The van der Waals surface area contributed by atoms with E-state index in [2.05, 4.69) is 25.7 Å². The number of likely N-dealkylation sites (N-methyl/N-ethyl adjacent to an activating group) is 1. The molecule has 0 bridgehead atoms. The van der Waals surface area contributed by atoms with Crippen LogP contribution in [0.25, 0.3) is 0 Å². The van der Waals surface area contributed by atoms with Crippen LogP contribution >= 0.6 is 0 Å². The van der Waals surface area contributed by atoms with Gasteiger partial charge in [-0.2, -0.15) is 0 Å². The Hall–Kier alpha value is -1.48. The highest BCUT2D eigenvalue weighted by molar-refractivity contribution is 5.40. The van der Waals surface area contributed by atoms with E-state index >= 15 is 0 Å². The Morgan fingerprint density at radius 1 is 1.42 bits per heavy atom. The number of rotatable bonds is 6. The fourth-order valence-electron chi connectivity index (χ4n) is 2.32. The topological polar surface area (TPSA) is 30.5 Å². The van der Waals surface area contributed by atoms with Gasteiger partial charge in [-0.3, -0.25) is 0 Å². The number of ether oxygens (including phenoxy) is 2. The van der Waals surface area contributed by atoms with Crippen LogP contribution in [-0.4, -0.2) is 25.3 Å². The molecule has 0 aliphatic carbocycles. The molecule has 19 heavy (non-hydrogen) atoms. The fraction of sp³-hybridized carbons (Fsp3) is 0.500. The van der Waals surface area contributed by atoms with Gasteiger partial charge in [0.15, 0.2) is 11.5 Å². The molecule has 104 valence electrons. The van der Waals surface area contributed by atoms with Crippen molar-refractivity contribution in [3.05, 3.63) is 36.4 Å². The Labute approximate surface area is 115 Å². The van der Waals surface area contributed by atoms with E-state index in [0.717, 1.165) is 30.9 Å². The zero-order chi connectivity index (χ0) is 13.7. The van der Waals surface area contributed by atoms with E-state index in [1.807, 2.05) is 24.3 Å². The zero-order valence-corrected chi connectivity index (χ0v) is 11.8. The number of hydrogen-bond donors (Lipinski definition) is 1. The molecule has 2 atom stereocenters. The van der Waals surface area contributed by atoms with Gasteiger partial charge in [0.2, 0.25) is 0 Å². The number of allylic oxidation sites excluding steroid dienone is 1. The van der Waals surface area contributed by atoms with Crippen LogP contribution in [0.5, 0.6) is 11.5 Å². The van der Waals surface area contributed by atoms with Gasteiger partial charge in [-0.1, -0.05) is 24.6 Å². The van der Waals surface area contributed by atoms with E-state index in [1.165, 1.54) is 5.57 Å². The Morgan fingerprint density at radius 2 is 2.16 bits per heavy atom. The van der Waals surface area contributed by atoms with E-state index in [9.17, 15) is 0 Å². The van der Waals surface area contributed by atoms with Gasteiger partial charge in [0.25, 0.3) is 0 Å². The molecule has 1 aromatic rings. The van der Waals surface area contributed by atoms with Gasteiger partial charge < -0.3 is 14.8 Å². The van der Waals surface area contributed by atoms with Crippen LogP contribution in [0.15, 0.2) is 36.4 Å². The van der Waals surface area contributed by atoms with Crippen molar-refractivity contribution in [2.24, 2.45) is 0 Å². The molecule has 0 radical (unpaired) electrons. The second kappa shape index (κ2) is 6.62. The summed E-state index contributed by atoms with van der Waals surface area (Å²) in [5, 5.41) is 3.49. The van der Waals surface area contributed by atoms with Gasteiger partial charge in [0.1, 0.15) is 12.7 Å². The molecule has 0 amide bonds.